The van der Waals surface area contributed by atoms with E-state index in [1.807, 2.05) is 19.2 Å². The third kappa shape index (κ3) is 2.44. The molecule has 6 nitrogen and oxygen atoms in total. The van der Waals surface area contributed by atoms with Gasteiger partial charge in [-0.3, -0.25) is 4.79 Å². The number of nitrogens with zero attached hydrogens (tertiary/aromatic N) is 3. The molecule has 19 heavy (non-hydrogen) atoms. The lowest BCUT2D eigenvalue weighted by Crippen LogP contribution is -2.45. The Morgan fingerprint density at radius 3 is 3.26 bits per heavy atom. The second kappa shape index (κ2) is 4.97. The Hall–Kier alpha value is -1.95. The summed E-state index contributed by atoms with van der Waals surface area (Å²) in [7, 11) is 0. The average Bonchev–Trinajstić information content (AvgIpc) is 2.82. The van der Waals surface area contributed by atoms with Crippen LogP contribution >= 0.6 is 0 Å². The predicted octanol–water partition coefficient (Wildman–Crippen LogP) is 0.520. The molecule has 0 aromatic carbocycles. The second-order valence-corrected chi connectivity index (χ2v) is 4.91. The first-order valence-electron chi connectivity index (χ1n) is 6.56. The van der Waals surface area contributed by atoms with Crippen LogP contribution in [0.15, 0.2) is 18.5 Å². The molecule has 0 spiro atoms. The number of rotatable bonds is 2. The highest BCUT2D eigenvalue weighted by atomic mass is 16.1. The van der Waals surface area contributed by atoms with Crippen molar-refractivity contribution < 1.29 is 4.79 Å². The van der Waals surface area contributed by atoms with E-state index >= 15 is 0 Å². The Balaban J connectivity index is 1.82. The van der Waals surface area contributed by atoms with Crippen LogP contribution in [0, 0.1) is 6.92 Å². The van der Waals surface area contributed by atoms with Crippen LogP contribution in [0.5, 0.6) is 0 Å². The molecule has 0 radical (unpaired) electrons. The van der Waals surface area contributed by atoms with Crippen molar-refractivity contribution in [2.75, 3.05) is 13.1 Å². The lowest BCUT2D eigenvalue weighted by atomic mass is 10.1. The molecule has 1 atom stereocenters. The SMILES string of the molecule is Cc1ccn2ncc(C(=O)NC3CCCNC3)c2n1. The predicted molar refractivity (Wildman–Crippen MR) is 71.1 cm³/mol. The Bertz CT molecular complexity index is 600. The van der Waals surface area contributed by atoms with Crippen LogP contribution in [-0.4, -0.2) is 39.6 Å². The van der Waals surface area contributed by atoms with Crippen LogP contribution in [-0.2, 0) is 0 Å². The lowest BCUT2D eigenvalue weighted by Gasteiger charge is -2.23. The molecule has 1 aliphatic heterocycles. The first-order chi connectivity index (χ1) is 9.24. The van der Waals surface area contributed by atoms with Crippen LogP contribution in [0.25, 0.3) is 5.65 Å². The fraction of sp³-hybridized carbons (Fsp3) is 0.462. The van der Waals surface area contributed by atoms with E-state index in [2.05, 4.69) is 20.7 Å². The van der Waals surface area contributed by atoms with E-state index in [9.17, 15) is 4.79 Å². The average molecular weight is 259 g/mol. The minimum atomic E-state index is -0.0956. The molecule has 6 heteroatoms. The topological polar surface area (TPSA) is 71.3 Å². The number of carbonyl (C=O) groups is 1. The molecule has 1 fully saturated rings. The number of nitrogens with one attached hydrogen (secondary N) is 2. The van der Waals surface area contributed by atoms with E-state index < -0.39 is 0 Å². The van der Waals surface area contributed by atoms with Crippen LogP contribution < -0.4 is 10.6 Å². The molecule has 2 aromatic heterocycles. The maximum Gasteiger partial charge on any atom is 0.257 e. The van der Waals surface area contributed by atoms with Crippen LogP contribution in [0.4, 0.5) is 0 Å². The standard InChI is InChI=1S/C13H17N5O/c1-9-4-6-18-12(16-9)11(8-15-18)13(19)17-10-3-2-5-14-7-10/h4,6,8,10,14H,2-3,5,7H2,1H3,(H,17,19). The van der Waals surface area contributed by atoms with E-state index in [0.29, 0.717) is 11.2 Å². The summed E-state index contributed by atoms with van der Waals surface area (Å²) in [5.74, 6) is -0.0956. The van der Waals surface area contributed by atoms with Crippen LogP contribution in [0.3, 0.4) is 0 Å². The molecule has 100 valence electrons. The fourth-order valence-corrected chi connectivity index (χ4v) is 2.36. The summed E-state index contributed by atoms with van der Waals surface area (Å²) in [5, 5.41) is 10.5. The molecule has 1 aliphatic rings. The second-order valence-electron chi connectivity index (χ2n) is 4.91. The number of aryl methyl sites for hydroxylation is 1. The molecule has 3 heterocycles. The summed E-state index contributed by atoms with van der Waals surface area (Å²) in [5.41, 5.74) is 2.02. The van der Waals surface area contributed by atoms with Crippen molar-refractivity contribution in [3.63, 3.8) is 0 Å². The van der Waals surface area contributed by atoms with Gasteiger partial charge in [0, 0.05) is 24.5 Å². The maximum atomic E-state index is 12.3. The van der Waals surface area contributed by atoms with Gasteiger partial charge < -0.3 is 10.6 Å². The summed E-state index contributed by atoms with van der Waals surface area (Å²) in [6.45, 7) is 3.76. The maximum absolute atomic E-state index is 12.3. The van der Waals surface area contributed by atoms with E-state index in [4.69, 9.17) is 0 Å². The number of amides is 1. The molecule has 2 N–H and O–H groups in total. The number of carbonyl (C=O) groups excluding carboxylic acids is 1. The van der Waals surface area contributed by atoms with Gasteiger partial charge in [0.1, 0.15) is 5.56 Å². The van der Waals surface area contributed by atoms with Crippen molar-refractivity contribution in [2.24, 2.45) is 0 Å². The molecule has 3 rings (SSSR count). The molecule has 1 amide bonds. The number of hydrogen-bond acceptors (Lipinski definition) is 4. The van der Waals surface area contributed by atoms with Crippen molar-refractivity contribution >= 4 is 11.6 Å². The molecule has 2 aromatic rings. The molecular formula is C13H17N5O. The zero-order valence-electron chi connectivity index (χ0n) is 10.9. The third-order valence-corrected chi connectivity index (χ3v) is 3.39. The van der Waals surface area contributed by atoms with Crippen molar-refractivity contribution in [3.05, 3.63) is 29.7 Å². The van der Waals surface area contributed by atoms with Gasteiger partial charge in [0.15, 0.2) is 5.65 Å². The quantitative estimate of drug-likeness (QED) is 0.825. The van der Waals surface area contributed by atoms with Crippen molar-refractivity contribution in [2.45, 2.75) is 25.8 Å². The number of piperidine rings is 1. The molecular weight excluding hydrogens is 242 g/mol. The largest absolute Gasteiger partial charge is 0.348 e. The number of fused-ring (bicyclic) bond motifs is 1. The monoisotopic (exact) mass is 259 g/mol. The summed E-state index contributed by atoms with van der Waals surface area (Å²) in [4.78, 5) is 16.6. The van der Waals surface area contributed by atoms with E-state index in [0.717, 1.165) is 31.6 Å². The summed E-state index contributed by atoms with van der Waals surface area (Å²) >= 11 is 0. The van der Waals surface area contributed by atoms with Gasteiger partial charge in [-0.1, -0.05) is 0 Å². The Morgan fingerprint density at radius 1 is 1.58 bits per heavy atom. The number of aromatic nitrogens is 3. The zero-order chi connectivity index (χ0) is 13.2. The van der Waals surface area contributed by atoms with Gasteiger partial charge in [0.05, 0.1) is 6.20 Å². The molecule has 0 bridgehead atoms. The molecule has 1 unspecified atom stereocenters. The third-order valence-electron chi connectivity index (χ3n) is 3.39. The van der Waals surface area contributed by atoms with Crippen molar-refractivity contribution in [3.8, 4) is 0 Å². The zero-order valence-corrected chi connectivity index (χ0v) is 10.9. The summed E-state index contributed by atoms with van der Waals surface area (Å²) < 4.78 is 1.63. The molecule has 1 saturated heterocycles. The van der Waals surface area contributed by atoms with Gasteiger partial charge in [-0.25, -0.2) is 9.50 Å². The fourth-order valence-electron chi connectivity index (χ4n) is 2.36. The highest BCUT2D eigenvalue weighted by Gasteiger charge is 2.19. The van der Waals surface area contributed by atoms with Gasteiger partial charge in [0.2, 0.25) is 0 Å². The summed E-state index contributed by atoms with van der Waals surface area (Å²) in [6, 6.07) is 2.06. The van der Waals surface area contributed by atoms with E-state index in [-0.39, 0.29) is 11.9 Å². The molecule has 0 aliphatic carbocycles. The van der Waals surface area contributed by atoms with Gasteiger partial charge >= 0.3 is 0 Å². The normalized spacial score (nSPS) is 19.5. The van der Waals surface area contributed by atoms with E-state index in [1.54, 1.807) is 10.7 Å². The minimum absolute atomic E-state index is 0.0956. The lowest BCUT2D eigenvalue weighted by molar-refractivity contribution is 0.0932. The van der Waals surface area contributed by atoms with E-state index in [1.165, 1.54) is 0 Å². The first-order valence-corrected chi connectivity index (χ1v) is 6.56. The molecule has 0 saturated carbocycles. The van der Waals surface area contributed by atoms with Gasteiger partial charge in [-0.05, 0) is 32.4 Å². The van der Waals surface area contributed by atoms with Crippen molar-refractivity contribution in [1.29, 1.82) is 0 Å². The van der Waals surface area contributed by atoms with Gasteiger partial charge in [0.25, 0.3) is 5.91 Å². The Kier molecular flexibility index (Phi) is 3.16. The van der Waals surface area contributed by atoms with Gasteiger partial charge in [-0.15, -0.1) is 0 Å². The van der Waals surface area contributed by atoms with Gasteiger partial charge in [-0.2, -0.15) is 5.10 Å². The van der Waals surface area contributed by atoms with Crippen LogP contribution in [0.1, 0.15) is 28.9 Å². The first kappa shape index (κ1) is 12.1. The Labute approximate surface area is 111 Å². The Morgan fingerprint density at radius 2 is 2.47 bits per heavy atom. The van der Waals surface area contributed by atoms with Crippen molar-refractivity contribution in [1.82, 2.24) is 25.2 Å². The minimum Gasteiger partial charge on any atom is -0.348 e. The number of hydrogen-bond donors (Lipinski definition) is 2. The highest BCUT2D eigenvalue weighted by molar-refractivity contribution is 5.99. The van der Waals surface area contributed by atoms with Crippen LogP contribution in [0.2, 0.25) is 0 Å². The smallest absolute Gasteiger partial charge is 0.257 e. The summed E-state index contributed by atoms with van der Waals surface area (Å²) in [6.07, 6.45) is 5.51. The highest BCUT2D eigenvalue weighted by Crippen LogP contribution is 2.10.